The third kappa shape index (κ3) is 4.07. The average Bonchev–Trinajstić information content (AvgIpc) is 3.17. The smallest absolute Gasteiger partial charge is 0.363 e. The molecule has 0 spiro atoms. The van der Waals surface area contributed by atoms with Crippen LogP contribution in [0.15, 0.2) is 99.5 Å². The van der Waals surface area contributed by atoms with E-state index >= 15 is 0 Å². The van der Waals surface area contributed by atoms with Crippen LogP contribution in [0.5, 0.6) is 0 Å². The fourth-order valence-corrected chi connectivity index (χ4v) is 4.38. The molecule has 0 saturated carbocycles. The molecule has 0 amide bonds. The number of hydrogen-bond donors (Lipinski definition) is 0. The summed E-state index contributed by atoms with van der Waals surface area (Å²) in [6, 6.07) is 25.9. The van der Waals surface area contributed by atoms with Gasteiger partial charge in [0.2, 0.25) is 5.90 Å². The summed E-state index contributed by atoms with van der Waals surface area (Å²) in [7, 11) is 0. The Kier molecular flexibility index (Phi) is 5.33. The Morgan fingerprint density at radius 2 is 1.69 bits per heavy atom. The van der Waals surface area contributed by atoms with Gasteiger partial charge < -0.3 is 4.74 Å². The number of aryl methyl sites for hydroxylation is 2. The van der Waals surface area contributed by atoms with Crippen LogP contribution in [-0.2, 0) is 9.53 Å². The largest absolute Gasteiger partial charge is 0.402 e. The molecule has 4 aromatic rings. The number of benzene rings is 3. The average molecular weight is 437 g/mol. The number of pyridine rings is 1. The second-order valence-corrected chi connectivity index (χ2v) is 8.71. The van der Waals surface area contributed by atoms with Crippen molar-refractivity contribution < 1.29 is 9.53 Å². The second-order valence-electron chi connectivity index (χ2n) is 7.65. The van der Waals surface area contributed by atoms with E-state index in [2.05, 4.69) is 55.2 Å². The lowest BCUT2D eigenvalue weighted by molar-refractivity contribution is -0.129. The Labute approximate surface area is 190 Å². The molecule has 0 atom stereocenters. The molecular weight excluding hydrogens is 416 g/mol. The van der Waals surface area contributed by atoms with E-state index in [1.807, 2.05) is 42.5 Å². The Morgan fingerprint density at radius 3 is 2.47 bits per heavy atom. The Hall–Kier alpha value is -3.70. The molecular formula is C27H20N2O2S. The van der Waals surface area contributed by atoms with Gasteiger partial charge in [-0.15, -0.1) is 0 Å². The van der Waals surface area contributed by atoms with E-state index in [1.165, 1.54) is 5.56 Å². The molecule has 32 heavy (non-hydrogen) atoms. The molecule has 0 unspecified atom stereocenters. The summed E-state index contributed by atoms with van der Waals surface area (Å²) >= 11 is 1.57. The molecule has 4 nitrogen and oxygen atoms in total. The van der Waals surface area contributed by atoms with E-state index in [0.717, 1.165) is 37.5 Å². The molecule has 2 heterocycles. The number of nitrogens with zero attached hydrogens (tertiary/aromatic N) is 2. The molecule has 0 saturated heterocycles. The predicted molar refractivity (Wildman–Crippen MR) is 129 cm³/mol. The van der Waals surface area contributed by atoms with Gasteiger partial charge in [-0.05, 0) is 55.8 Å². The van der Waals surface area contributed by atoms with Crippen LogP contribution in [0.25, 0.3) is 17.0 Å². The Morgan fingerprint density at radius 1 is 0.906 bits per heavy atom. The van der Waals surface area contributed by atoms with Crippen LogP contribution in [0.4, 0.5) is 0 Å². The first-order valence-electron chi connectivity index (χ1n) is 10.3. The molecule has 3 aromatic carbocycles. The number of esters is 1. The van der Waals surface area contributed by atoms with E-state index < -0.39 is 5.97 Å². The number of aliphatic imine (C=N–C) groups is 1. The molecule has 0 radical (unpaired) electrons. The minimum Gasteiger partial charge on any atom is -0.402 e. The van der Waals surface area contributed by atoms with Crippen molar-refractivity contribution in [2.45, 2.75) is 23.8 Å². The van der Waals surface area contributed by atoms with Gasteiger partial charge in [0, 0.05) is 21.4 Å². The van der Waals surface area contributed by atoms with Crippen LogP contribution in [0, 0.1) is 13.8 Å². The zero-order chi connectivity index (χ0) is 22.1. The van der Waals surface area contributed by atoms with E-state index in [9.17, 15) is 4.79 Å². The summed E-state index contributed by atoms with van der Waals surface area (Å²) in [5.41, 5.74) is 5.13. The minimum absolute atomic E-state index is 0.267. The van der Waals surface area contributed by atoms with Crippen LogP contribution >= 0.6 is 11.8 Å². The van der Waals surface area contributed by atoms with Crippen molar-refractivity contribution in [1.29, 1.82) is 0 Å². The number of carbonyl (C=O) groups excluding carboxylic acids is 1. The van der Waals surface area contributed by atoms with Crippen LogP contribution in [0.2, 0.25) is 0 Å². The van der Waals surface area contributed by atoms with Crippen molar-refractivity contribution in [3.63, 3.8) is 0 Å². The van der Waals surface area contributed by atoms with Gasteiger partial charge in [0.1, 0.15) is 5.03 Å². The number of para-hydroxylation sites is 1. The van der Waals surface area contributed by atoms with E-state index in [-0.39, 0.29) is 5.70 Å². The molecule has 0 aliphatic carbocycles. The normalized spacial score (nSPS) is 14.6. The van der Waals surface area contributed by atoms with Gasteiger partial charge in [0.05, 0.1) is 5.52 Å². The maximum absolute atomic E-state index is 12.6. The minimum atomic E-state index is -0.459. The zero-order valence-corrected chi connectivity index (χ0v) is 18.5. The summed E-state index contributed by atoms with van der Waals surface area (Å²) < 4.78 is 5.43. The number of ether oxygens (including phenoxy) is 1. The zero-order valence-electron chi connectivity index (χ0n) is 17.7. The van der Waals surface area contributed by atoms with Gasteiger partial charge in [0.15, 0.2) is 5.70 Å². The molecule has 0 N–H and O–H groups in total. The molecule has 1 aliphatic heterocycles. The highest BCUT2D eigenvalue weighted by Gasteiger charge is 2.24. The quantitative estimate of drug-likeness (QED) is 0.276. The van der Waals surface area contributed by atoms with Gasteiger partial charge in [-0.1, -0.05) is 65.9 Å². The fourth-order valence-electron chi connectivity index (χ4n) is 3.51. The Balaban J connectivity index is 1.61. The molecule has 156 valence electrons. The van der Waals surface area contributed by atoms with E-state index in [4.69, 9.17) is 9.72 Å². The molecule has 1 aromatic heterocycles. The van der Waals surface area contributed by atoms with E-state index in [0.29, 0.717) is 5.90 Å². The van der Waals surface area contributed by atoms with Crippen molar-refractivity contribution in [1.82, 2.24) is 4.98 Å². The molecule has 5 heteroatoms. The Bertz CT molecular complexity index is 1390. The molecule has 1 aliphatic rings. The summed E-state index contributed by atoms with van der Waals surface area (Å²) in [4.78, 5) is 23.1. The second kappa shape index (κ2) is 8.44. The predicted octanol–water partition coefficient (Wildman–Crippen LogP) is 6.35. The number of carbonyl (C=O) groups is 1. The highest BCUT2D eigenvalue weighted by Crippen LogP contribution is 2.34. The van der Waals surface area contributed by atoms with Crippen LogP contribution in [0.3, 0.4) is 0 Å². The standard InChI is InChI=1S/C27H20N2O2S/c1-17-11-13-22(14-12-17)32-26-21(15-20-10-6-7-18(2)24(20)29-26)16-23-27(30)31-25(28-23)19-8-4-3-5-9-19/h3-16H,1-2H3. The summed E-state index contributed by atoms with van der Waals surface area (Å²) in [6.45, 7) is 4.12. The van der Waals surface area contributed by atoms with Crippen molar-refractivity contribution in [2.24, 2.45) is 4.99 Å². The van der Waals surface area contributed by atoms with Crippen LogP contribution < -0.4 is 0 Å². The highest BCUT2D eigenvalue weighted by molar-refractivity contribution is 7.99. The summed E-state index contributed by atoms with van der Waals surface area (Å²) in [5.74, 6) is -0.140. The van der Waals surface area contributed by atoms with Crippen molar-refractivity contribution in [3.8, 4) is 0 Å². The maximum Gasteiger partial charge on any atom is 0.363 e. The van der Waals surface area contributed by atoms with Gasteiger partial charge >= 0.3 is 5.97 Å². The first kappa shape index (κ1) is 20.2. The molecule has 0 bridgehead atoms. The maximum atomic E-state index is 12.6. The van der Waals surface area contributed by atoms with Gasteiger partial charge in [-0.2, -0.15) is 0 Å². The lowest BCUT2D eigenvalue weighted by Crippen LogP contribution is -2.05. The number of cyclic esters (lactones) is 1. The van der Waals surface area contributed by atoms with Gasteiger partial charge in [0.25, 0.3) is 0 Å². The fraction of sp³-hybridized carbons (Fsp3) is 0.0741. The molecule has 5 rings (SSSR count). The van der Waals surface area contributed by atoms with Crippen LogP contribution in [0.1, 0.15) is 22.3 Å². The number of rotatable bonds is 4. The van der Waals surface area contributed by atoms with Gasteiger partial charge in [-0.25, -0.2) is 14.8 Å². The lowest BCUT2D eigenvalue weighted by Gasteiger charge is -2.10. The summed E-state index contributed by atoms with van der Waals surface area (Å²) in [5, 5.41) is 1.84. The number of fused-ring (bicyclic) bond motifs is 1. The van der Waals surface area contributed by atoms with Crippen molar-refractivity contribution in [2.75, 3.05) is 0 Å². The van der Waals surface area contributed by atoms with Crippen molar-refractivity contribution >= 4 is 40.6 Å². The third-order valence-electron chi connectivity index (χ3n) is 5.21. The van der Waals surface area contributed by atoms with E-state index in [1.54, 1.807) is 17.8 Å². The van der Waals surface area contributed by atoms with Crippen LogP contribution in [-0.4, -0.2) is 16.9 Å². The van der Waals surface area contributed by atoms with Gasteiger partial charge in [-0.3, -0.25) is 0 Å². The SMILES string of the molecule is Cc1ccc(Sc2nc3c(C)cccc3cc2C=C2N=C(c3ccccc3)OC2=O)cc1. The molecule has 0 fully saturated rings. The monoisotopic (exact) mass is 436 g/mol. The topological polar surface area (TPSA) is 51.6 Å². The highest BCUT2D eigenvalue weighted by atomic mass is 32.2. The lowest BCUT2D eigenvalue weighted by atomic mass is 10.1. The number of aromatic nitrogens is 1. The summed E-state index contributed by atoms with van der Waals surface area (Å²) in [6.07, 6.45) is 1.77. The third-order valence-corrected chi connectivity index (χ3v) is 6.24. The first-order valence-corrected chi connectivity index (χ1v) is 11.1. The first-order chi connectivity index (χ1) is 15.6. The van der Waals surface area contributed by atoms with Crippen molar-refractivity contribution in [3.05, 3.63) is 107 Å². The number of hydrogen-bond acceptors (Lipinski definition) is 5.